The minimum absolute atomic E-state index is 0.130. The molecule has 0 radical (unpaired) electrons. The molecule has 1 saturated heterocycles. The summed E-state index contributed by atoms with van der Waals surface area (Å²) >= 11 is 1.02. The maximum absolute atomic E-state index is 14.2. The third-order valence-electron chi connectivity index (χ3n) is 5.52. The number of carbonyl (C=O) groups is 2. The summed E-state index contributed by atoms with van der Waals surface area (Å²) < 4.78 is 33.5. The van der Waals surface area contributed by atoms with E-state index < -0.39 is 35.1 Å². The van der Waals surface area contributed by atoms with Crippen molar-refractivity contribution in [2.24, 2.45) is 0 Å². The molecule has 1 aliphatic heterocycles. The van der Waals surface area contributed by atoms with Gasteiger partial charge < -0.3 is 9.84 Å². The van der Waals surface area contributed by atoms with Crippen LogP contribution >= 0.6 is 11.3 Å². The zero-order valence-electron chi connectivity index (χ0n) is 17.7. The van der Waals surface area contributed by atoms with Gasteiger partial charge in [-0.1, -0.05) is 23.5 Å². The van der Waals surface area contributed by atoms with Crippen molar-refractivity contribution < 1.29 is 28.2 Å². The van der Waals surface area contributed by atoms with Gasteiger partial charge in [0.15, 0.2) is 5.13 Å². The van der Waals surface area contributed by atoms with E-state index in [4.69, 9.17) is 4.74 Å². The lowest BCUT2D eigenvalue weighted by molar-refractivity contribution is -0.132. The van der Waals surface area contributed by atoms with Crippen molar-refractivity contribution in [1.29, 1.82) is 0 Å². The molecule has 0 aliphatic carbocycles. The van der Waals surface area contributed by atoms with Crippen LogP contribution in [0, 0.1) is 11.6 Å². The topological polar surface area (TPSA) is 79.7 Å². The van der Waals surface area contributed by atoms with Crippen LogP contribution in [0.25, 0.3) is 16.0 Å². The smallest absolute Gasteiger partial charge is 0.301 e. The molecule has 1 N–H and O–H groups in total. The van der Waals surface area contributed by atoms with E-state index >= 15 is 0 Å². The van der Waals surface area contributed by atoms with Gasteiger partial charge in [-0.3, -0.25) is 14.5 Å². The van der Waals surface area contributed by atoms with Gasteiger partial charge in [-0.05, 0) is 60.2 Å². The van der Waals surface area contributed by atoms with Crippen molar-refractivity contribution in [3.63, 3.8) is 0 Å². The minimum Gasteiger partial charge on any atom is -0.507 e. The number of hydrogen-bond acceptors (Lipinski definition) is 6. The molecule has 1 atom stereocenters. The van der Waals surface area contributed by atoms with Crippen LogP contribution < -0.4 is 9.64 Å². The number of ketones is 1. The van der Waals surface area contributed by atoms with E-state index in [1.807, 2.05) is 0 Å². The van der Waals surface area contributed by atoms with Crippen molar-refractivity contribution in [3.8, 4) is 5.75 Å². The second-order valence-electron chi connectivity index (χ2n) is 7.56. The van der Waals surface area contributed by atoms with Crippen LogP contribution in [0.5, 0.6) is 5.75 Å². The third kappa shape index (κ3) is 3.60. The number of rotatable bonds is 4. The number of thiazole rings is 1. The number of fused-ring (bicyclic) bond motifs is 1. The molecule has 1 amide bonds. The number of methoxy groups -OCH3 is 1. The maximum Gasteiger partial charge on any atom is 0.301 e. The van der Waals surface area contributed by atoms with Crippen LogP contribution in [0.15, 0.2) is 72.3 Å². The zero-order valence-corrected chi connectivity index (χ0v) is 18.5. The monoisotopic (exact) mass is 478 g/mol. The largest absolute Gasteiger partial charge is 0.507 e. The molecule has 2 heterocycles. The number of amides is 1. The summed E-state index contributed by atoms with van der Waals surface area (Å²) in [5.41, 5.74) is 0.800. The number of Topliss-reactive ketones (excluding diaryl/α,β-unsaturated/α-hetero) is 1. The molecular weight excluding hydrogens is 462 g/mol. The first-order valence-corrected chi connectivity index (χ1v) is 11.0. The summed E-state index contributed by atoms with van der Waals surface area (Å²) in [4.78, 5) is 31.8. The molecule has 170 valence electrons. The molecule has 1 fully saturated rings. The molecular formula is C25H16F2N2O4S. The van der Waals surface area contributed by atoms with Crippen LogP contribution in [0.4, 0.5) is 13.9 Å². The number of aliphatic hydroxyl groups is 1. The van der Waals surface area contributed by atoms with Crippen LogP contribution in [0.2, 0.25) is 0 Å². The van der Waals surface area contributed by atoms with Crippen LogP contribution in [-0.2, 0) is 9.59 Å². The number of carbonyl (C=O) groups excluding carboxylic acids is 2. The van der Waals surface area contributed by atoms with Crippen LogP contribution in [0.1, 0.15) is 17.2 Å². The van der Waals surface area contributed by atoms with Crippen molar-refractivity contribution in [2.75, 3.05) is 12.0 Å². The maximum atomic E-state index is 14.2. The second kappa shape index (κ2) is 8.35. The Labute approximate surface area is 196 Å². The number of nitrogens with zero attached hydrogens (tertiary/aromatic N) is 2. The van der Waals surface area contributed by atoms with Crippen molar-refractivity contribution in [3.05, 3.63) is 95.1 Å². The SMILES string of the molecule is COc1ccc(/C(O)=C2\C(=O)C(=O)N(c3nc4ccc(F)cc4s3)C2c2cccc(F)c2)cc1. The lowest BCUT2D eigenvalue weighted by Gasteiger charge is -2.23. The average molecular weight is 478 g/mol. The highest BCUT2D eigenvalue weighted by Crippen LogP contribution is 2.44. The molecule has 0 saturated carbocycles. The fourth-order valence-corrected chi connectivity index (χ4v) is 4.93. The summed E-state index contributed by atoms with van der Waals surface area (Å²) in [6.07, 6.45) is 0. The van der Waals surface area contributed by atoms with Gasteiger partial charge in [0, 0.05) is 5.56 Å². The number of ether oxygens (including phenoxy) is 1. The first-order chi connectivity index (χ1) is 16.4. The van der Waals surface area contributed by atoms with Gasteiger partial charge in [-0.25, -0.2) is 13.8 Å². The molecule has 1 aliphatic rings. The number of hydrogen-bond donors (Lipinski definition) is 1. The van der Waals surface area contributed by atoms with Gasteiger partial charge in [0.25, 0.3) is 5.78 Å². The summed E-state index contributed by atoms with van der Waals surface area (Å²) in [6.45, 7) is 0. The van der Waals surface area contributed by atoms with E-state index in [0.717, 1.165) is 16.2 Å². The van der Waals surface area contributed by atoms with E-state index in [0.29, 0.717) is 16.0 Å². The van der Waals surface area contributed by atoms with E-state index in [9.17, 15) is 23.5 Å². The van der Waals surface area contributed by atoms with Gasteiger partial charge in [-0.2, -0.15) is 0 Å². The summed E-state index contributed by atoms with van der Waals surface area (Å²) in [6, 6.07) is 14.6. The molecule has 34 heavy (non-hydrogen) atoms. The van der Waals surface area contributed by atoms with Crippen molar-refractivity contribution in [1.82, 2.24) is 4.98 Å². The molecule has 6 nitrogen and oxygen atoms in total. The van der Waals surface area contributed by atoms with Gasteiger partial charge >= 0.3 is 5.91 Å². The van der Waals surface area contributed by atoms with E-state index in [-0.39, 0.29) is 21.8 Å². The highest BCUT2D eigenvalue weighted by atomic mass is 32.1. The second-order valence-corrected chi connectivity index (χ2v) is 8.57. The molecule has 3 aromatic carbocycles. The van der Waals surface area contributed by atoms with E-state index in [1.165, 1.54) is 43.5 Å². The van der Waals surface area contributed by atoms with Crippen LogP contribution in [-0.4, -0.2) is 28.9 Å². The van der Waals surface area contributed by atoms with Gasteiger partial charge in [-0.15, -0.1) is 0 Å². The summed E-state index contributed by atoms with van der Waals surface area (Å²) in [5.74, 6) is -2.77. The average Bonchev–Trinajstić information content (AvgIpc) is 3.36. The fraction of sp³-hybridized carbons (Fsp3) is 0.0800. The van der Waals surface area contributed by atoms with Gasteiger partial charge in [0.1, 0.15) is 23.1 Å². The lowest BCUT2D eigenvalue weighted by Crippen LogP contribution is -2.29. The number of aliphatic hydroxyl groups excluding tert-OH is 1. The summed E-state index contributed by atoms with van der Waals surface area (Å²) in [7, 11) is 1.49. The quantitative estimate of drug-likeness (QED) is 0.248. The number of benzene rings is 3. The molecule has 1 unspecified atom stereocenters. The fourth-order valence-electron chi connectivity index (χ4n) is 3.92. The third-order valence-corrected chi connectivity index (χ3v) is 6.54. The number of aromatic nitrogens is 1. The summed E-state index contributed by atoms with van der Waals surface area (Å²) in [5, 5.41) is 11.2. The predicted molar refractivity (Wildman–Crippen MR) is 124 cm³/mol. The molecule has 0 spiro atoms. The Morgan fingerprint density at radius 3 is 2.47 bits per heavy atom. The molecule has 0 bridgehead atoms. The highest BCUT2D eigenvalue weighted by Gasteiger charge is 2.48. The first kappa shape index (κ1) is 21.7. The normalized spacial score (nSPS) is 17.5. The number of anilines is 1. The molecule has 9 heteroatoms. The Kier molecular flexibility index (Phi) is 5.33. The van der Waals surface area contributed by atoms with E-state index in [2.05, 4.69) is 4.98 Å². The van der Waals surface area contributed by atoms with E-state index in [1.54, 1.807) is 30.3 Å². The zero-order chi connectivity index (χ0) is 24.0. The minimum atomic E-state index is -1.14. The van der Waals surface area contributed by atoms with Gasteiger partial charge in [0.2, 0.25) is 0 Å². The Balaban J connectivity index is 1.72. The molecule has 4 aromatic rings. The standard InChI is InChI=1S/C25H16F2N2O4S/c1-33-17-8-5-13(6-9-17)22(30)20-21(14-3-2-4-15(26)11-14)29(24(32)23(20)31)25-28-18-10-7-16(27)12-19(18)34-25/h2-12,21,30H,1H3/b22-20+. The Morgan fingerprint density at radius 1 is 1.03 bits per heavy atom. The molecule has 5 rings (SSSR count). The molecule has 1 aromatic heterocycles. The van der Waals surface area contributed by atoms with Gasteiger partial charge in [0.05, 0.1) is 28.9 Å². The number of halogens is 2. The lowest BCUT2D eigenvalue weighted by atomic mass is 9.95. The van der Waals surface area contributed by atoms with Crippen LogP contribution in [0.3, 0.4) is 0 Å². The predicted octanol–water partition coefficient (Wildman–Crippen LogP) is 5.21. The Hall–Kier alpha value is -4.11. The Morgan fingerprint density at radius 2 is 1.76 bits per heavy atom. The Bertz CT molecular complexity index is 1480. The highest BCUT2D eigenvalue weighted by molar-refractivity contribution is 7.22. The van der Waals surface area contributed by atoms with Crippen molar-refractivity contribution in [2.45, 2.75) is 6.04 Å². The van der Waals surface area contributed by atoms with Crippen molar-refractivity contribution >= 4 is 44.1 Å². The first-order valence-electron chi connectivity index (χ1n) is 10.1.